The summed E-state index contributed by atoms with van der Waals surface area (Å²) in [7, 11) is 4.01. The van der Waals surface area contributed by atoms with Gasteiger partial charge in [-0.05, 0) is 48.9 Å². The van der Waals surface area contributed by atoms with E-state index in [0.717, 1.165) is 16.9 Å². The number of aromatic nitrogens is 1. The normalized spacial score (nSPS) is 10.3. The molecule has 0 atom stereocenters. The minimum Gasteiger partial charge on any atom is -0.378 e. The summed E-state index contributed by atoms with van der Waals surface area (Å²) in [4.78, 5) is 18.8. The van der Waals surface area contributed by atoms with Crippen LogP contribution in [0.1, 0.15) is 21.5 Å². The zero-order valence-electron chi connectivity index (χ0n) is 15.9. The van der Waals surface area contributed by atoms with Crippen LogP contribution in [0.15, 0.2) is 66.9 Å². The van der Waals surface area contributed by atoms with Crippen molar-refractivity contribution in [1.29, 1.82) is 0 Å². The molecule has 0 aliphatic heterocycles. The lowest BCUT2D eigenvalue weighted by molar-refractivity contribution is 0.0951. The Bertz CT molecular complexity index is 902. The zero-order chi connectivity index (χ0) is 19.2. The van der Waals surface area contributed by atoms with E-state index in [1.165, 1.54) is 5.56 Å². The van der Waals surface area contributed by atoms with Gasteiger partial charge in [-0.3, -0.25) is 4.79 Å². The van der Waals surface area contributed by atoms with Crippen LogP contribution in [0.25, 0.3) is 0 Å². The molecule has 138 valence electrons. The number of nitrogens with zero attached hydrogens (tertiary/aromatic N) is 2. The first-order valence-electron chi connectivity index (χ1n) is 8.85. The number of hydrogen-bond donors (Lipinski definition) is 2. The van der Waals surface area contributed by atoms with E-state index in [4.69, 9.17) is 0 Å². The van der Waals surface area contributed by atoms with Crippen molar-refractivity contribution >= 4 is 23.1 Å². The van der Waals surface area contributed by atoms with Gasteiger partial charge < -0.3 is 15.5 Å². The molecule has 5 heteroatoms. The largest absolute Gasteiger partial charge is 0.378 e. The zero-order valence-corrected chi connectivity index (χ0v) is 15.9. The Labute approximate surface area is 160 Å². The van der Waals surface area contributed by atoms with Gasteiger partial charge in [0.2, 0.25) is 0 Å². The van der Waals surface area contributed by atoms with Crippen molar-refractivity contribution in [2.75, 3.05) is 24.3 Å². The minimum atomic E-state index is -0.121. The lowest BCUT2D eigenvalue weighted by Crippen LogP contribution is -2.22. The summed E-state index contributed by atoms with van der Waals surface area (Å²) in [6.45, 7) is 2.54. The highest BCUT2D eigenvalue weighted by Gasteiger charge is 2.07. The van der Waals surface area contributed by atoms with Crippen LogP contribution in [-0.2, 0) is 6.54 Å². The van der Waals surface area contributed by atoms with Gasteiger partial charge in [-0.25, -0.2) is 4.98 Å². The molecule has 5 nitrogen and oxygen atoms in total. The molecule has 0 saturated heterocycles. The molecule has 0 spiro atoms. The Morgan fingerprint density at radius 3 is 2.37 bits per heavy atom. The third kappa shape index (κ3) is 5.07. The van der Waals surface area contributed by atoms with Crippen LogP contribution in [0.5, 0.6) is 0 Å². The van der Waals surface area contributed by atoms with Crippen LogP contribution in [0, 0.1) is 6.92 Å². The Balaban J connectivity index is 1.63. The van der Waals surface area contributed by atoms with Gasteiger partial charge in [0.05, 0.1) is 0 Å². The molecule has 1 aromatic heterocycles. The van der Waals surface area contributed by atoms with Gasteiger partial charge in [0.1, 0.15) is 5.82 Å². The maximum absolute atomic E-state index is 12.4. The van der Waals surface area contributed by atoms with Gasteiger partial charge >= 0.3 is 0 Å². The van der Waals surface area contributed by atoms with Crippen LogP contribution >= 0.6 is 0 Å². The van der Waals surface area contributed by atoms with E-state index in [2.05, 4.69) is 15.6 Å². The average molecular weight is 360 g/mol. The molecule has 27 heavy (non-hydrogen) atoms. The SMILES string of the molecule is Cc1ccc(CNC(=O)c2ccnc(Nc3ccc(N(C)C)cc3)c2)cc1. The quantitative estimate of drug-likeness (QED) is 0.694. The summed E-state index contributed by atoms with van der Waals surface area (Å²) >= 11 is 0. The molecule has 0 aliphatic carbocycles. The van der Waals surface area contributed by atoms with E-state index in [0.29, 0.717) is 17.9 Å². The van der Waals surface area contributed by atoms with Gasteiger partial charge in [0, 0.05) is 43.8 Å². The van der Waals surface area contributed by atoms with E-state index in [1.807, 2.05) is 74.4 Å². The van der Waals surface area contributed by atoms with Crippen LogP contribution in [0.4, 0.5) is 17.2 Å². The number of carbonyl (C=O) groups excluding carboxylic acids is 1. The first kappa shape index (κ1) is 18.5. The van der Waals surface area contributed by atoms with E-state index in [9.17, 15) is 4.79 Å². The summed E-state index contributed by atoms with van der Waals surface area (Å²) in [6, 6.07) is 19.6. The van der Waals surface area contributed by atoms with Crippen molar-refractivity contribution in [3.05, 3.63) is 83.6 Å². The Morgan fingerprint density at radius 1 is 1.00 bits per heavy atom. The smallest absolute Gasteiger partial charge is 0.251 e. The van der Waals surface area contributed by atoms with Gasteiger partial charge in [0.25, 0.3) is 5.91 Å². The van der Waals surface area contributed by atoms with Crippen molar-refractivity contribution in [1.82, 2.24) is 10.3 Å². The number of anilines is 3. The van der Waals surface area contributed by atoms with Crippen LogP contribution in [0.2, 0.25) is 0 Å². The standard InChI is InChI=1S/C22H24N4O/c1-16-4-6-17(7-5-16)15-24-22(27)18-12-13-23-21(14-18)25-19-8-10-20(11-9-19)26(2)3/h4-14H,15H2,1-3H3,(H,23,25)(H,24,27). The number of hydrogen-bond acceptors (Lipinski definition) is 4. The Hall–Kier alpha value is -3.34. The summed E-state index contributed by atoms with van der Waals surface area (Å²) in [6.07, 6.45) is 1.64. The fourth-order valence-corrected chi connectivity index (χ4v) is 2.62. The van der Waals surface area contributed by atoms with Crippen LogP contribution in [-0.4, -0.2) is 25.0 Å². The van der Waals surface area contributed by atoms with Crippen molar-refractivity contribution in [2.24, 2.45) is 0 Å². The fraction of sp³-hybridized carbons (Fsp3) is 0.182. The maximum Gasteiger partial charge on any atom is 0.251 e. The summed E-state index contributed by atoms with van der Waals surface area (Å²) < 4.78 is 0. The Morgan fingerprint density at radius 2 is 1.70 bits per heavy atom. The van der Waals surface area contributed by atoms with Gasteiger partial charge in [0.15, 0.2) is 0 Å². The third-order valence-electron chi connectivity index (χ3n) is 4.25. The predicted molar refractivity (Wildman–Crippen MR) is 111 cm³/mol. The monoisotopic (exact) mass is 360 g/mol. The van der Waals surface area contributed by atoms with Crippen molar-refractivity contribution in [2.45, 2.75) is 13.5 Å². The van der Waals surface area contributed by atoms with E-state index >= 15 is 0 Å². The summed E-state index contributed by atoms with van der Waals surface area (Å²) in [5.74, 6) is 0.513. The molecular weight excluding hydrogens is 336 g/mol. The number of pyridine rings is 1. The number of rotatable bonds is 6. The molecule has 3 rings (SSSR count). The highest BCUT2D eigenvalue weighted by atomic mass is 16.1. The number of amides is 1. The predicted octanol–water partition coefficient (Wildman–Crippen LogP) is 4.13. The second kappa shape index (κ2) is 8.36. The molecule has 2 N–H and O–H groups in total. The molecule has 0 fully saturated rings. The van der Waals surface area contributed by atoms with Gasteiger partial charge in [-0.1, -0.05) is 29.8 Å². The van der Waals surface area contributed by atoms with Crippen LogP contribution in [0.3, 0.4) is 0 Å². The lowest BCUT2D eigenvalue weighted by Gasteiger charge is -2.13. The number of carbonyl (C=O) groups is 1. The van der Waals surface area contributed by atoms with Crippen molar-refractivity contribution < 1.29 is 4.79 Å². The Kier molecular flexibility index (Phi) is 5.71. The third-order valence-corrected chi connectivity index (χ3v) is 4.25. The molecule has 0 unspecified atom stereocenters. The molecule has 1 amide bonds. The second-order valence-corrected chi connectivity index (χ2v) is 6.66. The molecule has 0 bridgehead atoms. The molecule has 0 radical (unpaired) electrons. The van der Waals surface area contributed by atoms with Gasteiger partial charge in [-0.2, -0.15) is 0 Å². The molecule has 0 saturated carbocycles. The first-order valence-corrected chi connectivity index (χ1v) is 8.85. The summed E-state index contributed by atoms with van der Waals surface area (Å²) in [5.41, 5.74) is 4.89. The topological polar surface area (TPSA) is 57.3 Å². The molecule has 3 aromatic rings. The molecule has 0 aliphatic rings. The highest BCUT2D eigenvalue weighted by Crippen LogP contribution is 2.19. The highest BCUT2D eigenvalue weighted by molar-refractivity contribution is 5.94. The molecule has 1 heterocycles. The first-order chi connectivity index (χ1) is 13.0. The van der Waals surface area contributed by atoms with Crippen molar-refractivity contribution in [3.8, 4) is 0 Å². The maximum atomic E-state index is 12.4. The fourth-order valence-electron chi connectivity index (χ4n) is 2.62. The number of aryl methyl sites for hydroxylation is 1. The second-order valence-electron chi connectivity index (χ2n) is 6.66. The van der Waals surface area contributed by atoms with Crippen molar-refractivity contribution in [3.63, 3.8) is 0 Å². The summed E-state index contributed by atoms with van der Waals surface area (Å²) in [5, 5.41) is 6.18. The average Bonchev–Trinajstić information content (AvgIpc) is 2.68. The van der Waals surface area contributed by atoms with E-state index < -0.39 is 0 Å². The minimum absolute atomic E-state index is 0.121. The van der Waals surface area contributed by atoms with Gasteiger partial charge in [-0.15, -0.1) is 0 Å². The van der Waals surface area contributed by atoms with E-state index in [1.54, 1.807) is 18.3 Å². The van der Waals surface area contributed by atoms with Crippen LogP contribution < -0.4 is 15.5 Å². The van der Waals surface area contributed by atoms with E-state index in [-0.39, 0.29) is 5.91 Å². The number of nitrogens with one attached hydrogen (secondary N) is 2. The lowest BCUT2D eigenvalue weighted by atomic mass is 10.1. The molecular formula is C22H24N4O. The number of benzene rings is 2. The molecule has 2 aromatic carbocycles.